The number of hydrogen-bond donors (Lipinski definition) is 0. The van der Waals surface area contributed by atoms with Crippen molar-refractivity contribution < 1.29 is 5.11 Å². The third kappa shape index (κ3) is 5.34. The largest absolute Gasteiger partial charge is 0.229 e. The zero-order chi connectivity index (χ0) is 12.4. The van der Waals surface area contributed by atoms with Gasteiger partial charge in [0, 0.05) is 0 Å². The fourth-order valence-corrected chi connectivity index (χ4v) is 2.59. The topological polar surface area (TPSA) is 19.9 Å². The van der Waals surface area contributed by atoms with Crippen LogP contribution in [0.4, 0.5) is 0 Å². The molecule has 0 aliphatic rings. The second-order valence-electron chi connectivity index (χ2n) is 5.11. The van der Waals surface area contributed by atoms with Crippen LogP contribution in [0.5, 0.6) is 0 Å². The fourth-order valence-electron chi connectivity index (χ4n) is 2.59. The van der Waals surface area contributed by atoms with Gasteiger partial charge < -0.3 is 0 Å². The molecule has 1 nitrogen and oxygen atoms in total. The summed E-state index contributed by atoms with van der Waals surface area (Å²) in [7, 11) is 0. The van der Waals surface area contributed by atoms with Crippen LogP contribution in [0.15, 0.2) is 0 Å². The van der Waals surface area contributed by atoms with Crippen molar-refractivity contribution in [1.82, 2.24) is 0 Å². The first-order valence-electron chi connectivity index (χ1n) is 7.34. The first-order chi connectivity index (χ1) is 7.64. The maximum Gasteiger partial charge on any atom is 0.106 e. The summed E-state index contributed by atoms with van der Waals surface area (Å²) in [4.78, 5) is 0. The first kappa shape index (κ1) is 16.0. The third-order valence-corrected chi connectivity index (χ3v) is 4.00. The average molecular weight is 227 g/mol. The van der Waals surface area contributed by atoms with E-state index in [2.05, 4.69) is 27.7 Å². The van der Waals surface area contributed by atoms with Crippen molar-refractivity contribution in [2.24, 2.45) is 5.92 Å². The summed E-state index contributed by atoms with van der Waals surface area (Å²) in [5, 5.41) is 12.6. The predicted octanol–water partition coefficient (Wildman–Crippen LogP) is 5.36. The summed E-state index contributed by atoms with van der Waals surface area (Å²) in [6.07, 6.45) is 10.1. The van der Waals surface area contributed by atoms with Crippen molar-refractivity contribution in [1.29, 1.82) is 0 Å². The molecule has 0 saturated heterocycles. The number of hydrogen-bond acceptors (Lipinski definition) is 0. The molecular weight excluding hydrogens is 196 g/mol. The summed E-state index contributed by atoms with van der Waals surface area (Å²) in [5.41, 5.74) is -0.650. The lowest BCUT2D eigenvalue weighted by Crippen LogP contribution is -2.35. The molecular formula is C15H31O. The Kier molecular flexibility index (Phi) is 9.02. The van der Waals surface area contributed by atoms with Gasteiger partial charge in [-0.05, 0) is 31.6 Å². The second-order valence-corrected chi connectivity index (χ2v) is 5.11. The molecule has 0 aliphatic carbocycles. The zero-order valence-electron chi connectivity index (χ0n) is 11.8. The highest BCUT2D eigenvalue weighted by molar-refractivity contribution is 4.83. The van der Waals surface area contributed by atoms with Crippen LogP contribution in [0.25, 0.3) is 0 Å². The molecule has 0 amide bonds. The Balaban J connectivity index is 4.26. The van der Waals surface area contributed by atoms with Crippen molar-refractivity contribution in [2.75, 3.05) is 0 Å². The van der Waals surface area contributed by atoms with E-state index in [1.165, 1.54) is 32.1 Å². The SMILES string of the molecule is CCCCCC(CCCC)C([O])(CC)CC. The minimum absolute atomic E-state index is 0.411. The fraction of sp³-hybridized carbons (Fsp3) is 1.00. The normalized spacial score (nSPS) is 14.1. The molecule has 0 heterocycles. The molecule has 1 unspecified atom stereocenters. The van der Waals surface area contributed by atoms with Gasteiger partial charge in [0.2, 0.25) is 0 Å². The van der Waals surface area contributed by atoms with Crippen molar-refractivity contribution in [3.05, 3.63) is 0 Å². The Hall–Kier alpha value is -0.0400. The predicted molar refractivity (Wildman–Crippen MR) is 71.2 cm³/mol. The quantitative estimate of drug-likeness (QED) is 0.448. The second kappa shape index (κ2) is 9.04. The molecule has 97 valence electrons. The molecule has 0 aromatic carbocycles. The maximum atomic E-state index is 12.6. The molecule has 0 rings (SSSR count). The van der Waals surface area contributed by atoms with Gasteiger partial charge in [0.1, 0.15) is 5.60 Å². The van der Waals surface area contributed by atoms with Gasteiger partial charge in [0.25, 0.3) is 0 Å². The Bertz CT molecular complexity index is 150. The van der Waals surface area contributed by atoms with E-state index in [-0.39, 0.29) is 0 Å². The maximum absolute atomic E-state index is 12.6. The van der Waals surface area contributed by atoms with Gasteiger partial charge in [-0.3, -0.25) is 0 Å². The molecule has 0 bridgehead atoms. The lowest BCUT2D eigenvalue weighted by Gasteiger charge is -2.32. The van der Waals surface area contributed by atoms with E-state index in [1.807, 2.05) is 0 Å². The molecule has 0 saturated carbocycles. The van der Waals surface area contributed by atoms with Crippen LogP contribution < -0.4 is 0 Å². The van der Waals surface area contributed by atoms with Crippen LogP contribution in [0.1, 0.15) is 85.5 Å². The first-order valence-corrected chi connectivity index (χ1v) is 7.34. The standard InChI is InChI=1S/C15H31O/c1-5-9-11-13-14(12-10-6-2)15(16,7-3)8-4/h14H,5-13H2,1-4H3. The van der Waals surface area contributed by atoms with Crippen LogP contribution in [0.3, 0.4) is 0 Å². The van der Waals surface area contributed by atoms with E-state index < -0.39 is 5.60 Å². The van der Waals surface area contributed by atoms with Crippen LogP contribution in [0, 0.1) is 5.92 Å². The highest BCUT2D eigenvalue weighted by atomic mass is 16.3. The summed E-state index contributed by atoms with van der Waals surface area (Å²) in [5.74, 6) is 0.411. The van der Waals surface area contributed by atoms with Gasteiger partial charge in [0.15, 0.2) is 0 Å². The van der Waals surface area contributed by atoms with E-state index in [1.54, 1.807) is 0 Å². The van der Waals surface area contributed by atoms with E-state index in [4.69, 9.17) is 0 Å². The van der Waals surface area contributed by atoms with Crippen molar-refractivity contribution in [3.8, 4) is 0 Å². The number of unbranched alkanes of at least 4 members (excludes halogenated alkanes) is 3. The Morgan fingerprint density at radius 1 is 0.812 bits per heavy atom. The van der Waals surface area contributed by atoms with Gasteiger partial charge >= 0.3 is 0 Å². The summed E-state index contributed by atoms with van der Waals surface area (Å²) >= 11 is 0. The molecule has 0 aromatic rings. The summed E-state index contributed by atoms with van der Waals surface area (Å²) in [6.45, 7) is 8.57. The van der Waals surface area contributed by atoms with Gasteiger partial charge in [-0.2, -0.15) is 0 Å². The lowest BCUT2D eigenvalue weighted by atomic mass is 9.77. The average Bonchev–Trinajstić information content (AvgIpc) is 2.32. The molecule has 0 aliphatic heterocycles. The Morgan fingerprint density at radius 2 is 1.31 bits per heavy atom. The van der Waals surface area contributed by atoms with E-state index >= 15 is 0 Å². The minimum atomic E-state index is -0.650. The molecule has 1 atom stereocenters. The van der Waals surface area contributed by atoms with Gasteiger partial charge in [-0.15, -0.1) is 0 Å². The monoisotopic (exact) mass is 227 g/mol. The van der Waals surface area contributed by atoms with Crippen molar-refractivity contribution >= 4 is 0 Å². The highest BCUT2D eigenvalue weighted by Crippen LogP contribution is 2.34. The number of rotatable bonds is 10. The van der Waals surface area contributed by atoms with E-state index in [0.29, 0.717) is 5.92 Å². The molecule has 1 radical (unpaired) electrons. The molecule has 0 aromatic heterocycles. The Labute approximate surface area is 103 Å². The molecule has 0 fully saturated rings. The lowest BCUT2D eigenvalue weighted by molar-refractivity contribution is -0.0902. The van der Waals surface area contributed by atoms with Crippen LogP contribution in [0.2, 0.25) is 0 Å². The smallest absolute Gasteiger partial charge is 0.106 e. The van der Waals surface area contributed by atoms with Gasteiger partial charge in [-0.1, -0.05) is 59.8 Å². The molecule has 1 heteroatoms. The van der Waals surface area contributed by atoms with Crippen LogP contribution >= 0.6 is 0 Å². The van der Waals surface area contributed by atoms with Crippen LogP contribution in [-0.4, -0.2) is 5.60 Å². The molecule has 0 N–H and O–H groups in total. The summed E-state index contributed by atoms with van der Waals surface area (Å²) in [6, 6.07) is 0. The zero-order valence-corrected chi connectivity index (χ0v) is 11.8. The van der Waals surface area contributed by atoms with Gasteiger partial charge in [0.05, 0.1) is 0 Å². The third-order valence-electron chi connectivity index (χ3n) is 4.00. The van der Waals surface area contributed by atoms with E-state index in [0.717, 1.165) is 25.7 Å². The van der Waals surface area contributed by atoms with Crippen molar-refractivity contribution in [2.45, 2.75) is 91.1 Å². The minimum Gasteiger partial charge on any atom is -0.229 e. The van der Waals surface area contributed by atoms with Gasteiger partial charge in [-0.25, -0.2) is 5.11 Å². The van der Waals surface area contributed by atoms with E-state index in [9.17, 15) is 5.11 Å². The Morgan fingerprint density at radius 3 is 1.75 bits per heavy atom. The van der Waals surface area contributed by atoms with Crippen molar-refractivity contribution in [3.63, 3.8) is 0 Å². The molecule has 0 spiro atoms. The highest BCUT2D eigenvalue weighted by Gasteiger charge is 2.34. The summed E-state index contributed by atoms with van der Waals surface area (Å²) < 4.78 is 0. The van der Waals surface area contributed by atoms with Crippen LogP contribution in [-0.2, 0) is 5.11 Å². The molecule has 16 heavy (non-hydrogen) atoms.